The molecule has 1 rings (SSSR count). The Kier molecular flexibility index (Phi) is 4.70. The summed E-state index contributed by atoms with van der Waals surface area (Å²) in [4.78, 5) is 2.44. The van der Waals surface area contributed by atoms with Gasteiger partial charge in [0.15, 0.2) is 0 Å². The van der Waals surface area contributed by atoms with Crippen LogP contribution in [-0.2, 0) is 4.74 Å². The van der Waals surface area contributed by atoms with Crippen molar-refractivity contribution in [3.05, 3.63) is 0 Å². The zero-order valence-corrected chi connectivity index (χ0v) is 8.83. The van der Waals surface area contributed by atoms with E-state index in [9.17, 15) is 0 Å². The quantitative estimate of drug-likeness (QED) is 0.702. The highest BCUT2D eigenvalue weighted by Crippen LogP contribution is 2.05. The fourth-order valence-electron chi connectivity index (χ4n) is 1.49. The monoisotopic (exact) mass is 186 g/mol. The van der Waals surface area contributed by atoms with Crippen LogP contribution < -0.4 is 5.73 Å². The molecule has 0 amide bonds. The van der Waals surface area contributed by atoms with E-state index in [0.29, 0.717) is 12.0 Å². The molecule has 1 unspecified atom stereocenters. The average molecular weight is 186 g/mol. The molecule has 78 valence electrons. The van der Waals surface area contributed by atoms with Crippen molar-refractivity contribution in [2.24, 2.45) is 11.7 Å². The third-order valence-electron chi connectivity index (χ3n) is 2.74. The van der Waals surface area contributed by atoms with E-state index in [4.69, 9.17) is 10.5 Å². The van der Waals surface area contributed by atoms with Crippen LogP contribution in [0.15, 0.2) is 0 Å². The maximum atomic E-state index is 5.98. The molecule has 0 radical (unpaired) electrons. The number of hydrogen-bond donors (Lipinski definition) is 1. The third-order valence-corrected chi connectivity index (χ3v) is 2.74. The van der Waals surface area contributed by atoms with Crippen LogP contribution in [0.3, 0.4) is 0 Å². The van der Waals surface area contributed by atoms with Gasteiger partial charge in [0.2, 0.25) is 0 Å². The standard InChI is InChI=1S/C10H22N2O/c1-9(2)10(11)3-4-12-5-7-13-8-6-12/h9-10H,3-8,11H2,1-2H3. The summed E-state index contributed by atoms with van der Waals surface area (Å²) in [5, 5.41) is 0. The van der Waals surface area contributed by atoms with E-state index in [2.05, 4.69) is 18.7 Å². The van der Waals surface area contributed by atoms with Gasteiger partial charge in [-0.3, -0.25) is 4.90 Å². The van der Waals surface area contributed by atoms with E-state index in [-0.39, 0.29) is 0 Å². The Morgan fingerprint density at radius 3 is 2.46 bits per heavy atom. The van der Waals surface area contributed by atoms with Crippen molar-refractivity contribution in [2.45, 2.75) is 26.3 Å². The number of hydrogen-bond acceptors (Lipinski definition) is 3. The lowest BCUT2D eigenvalue weighted by atomic mass is 10.0. The molecule has 1 fully saturated rings. The van der Waals surface area contributed by atoms with Gasteiger partial charge in [0.1, 0.15) is 0 Å². The molecule has 0 spiro atoms. The lowest BCUT2D eigenvalue weighted by Crippen LogP contribution is -2.39. The number of morpholine rings is 1. The second-order valence-electron chi connectivity index (χ2n) is 4.15. The topological polar surface area (TPSA) is 38.5 Å². The molecule has 3 nitrogen and oxygen atoms in total. The van der Waals surface area contributed by atoms with Gasteiger partial charge < -0.3 is 10.5 Å². The van der Waals surface area contributed by atoms with Gasteiger partial charge in [0.25, 0.3) is 0 Å². The van der Waals surface area contributed by atoms with E-state index in [1.54, 1.807) is 0 Å². The molecule has 3 heteroatoms. The Morgan fingerprint density at radius 1 is 1.31 bits per heavy atom. The Morgan fingerprint density at radius 2 is 1.92 bits per heavy atom. The van der Waals surface area contributed by atoms with E-state index in [0.717, 1.165) is 39.3 Å². The van der Waals surface area contributed by atoms with E-state index < -0.39 is 0 Å². The Balaban J connectivity index is 2.10. The fourth-order valence-corrected chi connectivity index (χ4v) is 1.49. The average Bonchev–Trinajstić information content (AvgIpc) is 2.15. The molecule has 0 aromatic rings. The highest BCUT2D eigenvalue weighted by atomic mass is 16.5. The number of nitrogens with zero attached hydrogens (tertiary/aromatic N) is 1. The predicted octanol–water partition coefficient (Wildman–Crippen LogP) is 0.692. The second kappa shape index (κ2) is 5.58. The van der Waals surface area contributed by atoms with Crippen molar-refractivity contribution >= 4 is 0 Å². The smallest absolute Gasteiger partial charge is 0.0594 e. The van der Waals surface area contributed by atoms with Crippen molar-refractivity contribution in [1.82, 2.24) is 4.90 Å². The normalized spacial score (nSPS) is 22.2. The molecule has 1 atom stereocenters. The van der Waals surface area contributed by atoms with Gasteiger partial charge in [-0.15, -0.1) is 0 Å². The van der Waals surface area contributed by atoms with Crippen molar-refractivity contribution in [1.29, 1.82) is 0 Å². The molecule has 1 saturated heterocycles. The number of rotatable bonds is 4. The lowest BCUT2D eigenvalue weighted by molar-refractivity contribution is 0.0361. The Labute approximate surface area is 81.2 Å². The van der Waals surface area contributed by atoms with E-state index >= 15 is 0 Å². The van der Waals surface area contributed by atoms with Crippen molar-refractivity contribution in [2.75, 3.05) is 32.8 Å². The molecule has 0 aliphatic carbocycles. The Hall–Kier alpha value is -0.120. The highest BCUT2D eigenvalue weighted by molar-refractivity contribution is 4.69. The van der Waals surface area contributed by atoms with E-state index in [1.165, 1.54) is 0 Å². The summed E-state index contributed by atoms with van der Waals surface area (Å²) in [5.74, 6) is 0.598. The summed E-state index contributed by atoms with van der Waals surface area (Å²) in [6.07, 6.45) is 1.11. The zero-order valence-electron chi connectivity index (χ0n) is 8.83. The van der Waals surface area contributed by atoms with Crippen LogP contribution in [0.4, 0.5) is 0 Å². The van der Waals surface area contributed by atoms with Gasteiger partial charge >= 0.3 is 0 Å². The van der Waals surface area contributed by atoms with Crippen LogP contribution in [0.5, 0.6) is 0 Å². The number of nitrogens with two attached hydrogens (primary N) is 1. The first kappa shape index (κ1) is 11.0. The predicted molar refractivity (Wildman–Crippen MR) is 54.7 cm³/mol. The zero-order chi connectivity index (χ0) is 9.68. The molecule has 0 aromatic heterocycles. The van der Waals surface area contributed by atoms with Gasteiger partial charge in [0, 0.05) is 19.1 Å². The second-order valence-corrected chi connectivity index (χ2v) is 4.15. The largest absolute Gasteiger partial charge is 0.379 e. The molecule has 1 heterocycles. The molecule has 0 saturated carbocycles. The fraction of sp³-hybridized carbons (Fsp3) is 1.00. The van der Waals surface area contributed by atoms with Crippen LogP contribution in [0.1, 0.15) is 20.3 Å². The van der Waals surface area contributed by atoms with Crippen LogP contribution in [0.25, 0.3) is 0 Å². The maximum Gasteiger partial charge on any atom is 0.0594 e. The van der Waals surface area contributed by atoms with Crippen LogP contribution in [-0.4, -0.2) is 43.8 Å². The third kappa shape index (κ3) is 4.07. The van der Waals surface area contributed by atoms with Crippen LogP contribution in [0.2, 0.25) is 0 Å². The molecule has 13 heavy (non-hydrogen) atoms. The van der Waals surface area contributed by atoms with Gasteiger partial charge in [-0.25, -0.2) is 0 Å². The first-order valence-electron chi connectivity index (χ1n) is 5.26. The van der Waals surface area contributed by atoms with Crippen molar-refractivity contribution < 1.29 is 4.74 Å². The van der Waals surface area contributed by atoms with Crippen LogP contribution in [0, 0.1) is 5.92 Å². The minimum absolute atomic E-state index is 0.350. The van der Waals surface area contributed by atoms with Gasteiger partial charge in [-0.1, -0.05) is 13.8 Å². The summed E-state index contributed by atoms with van der Waals surface area (Å²) in [5.41, 5.74) is 5.98. The molecule has 0 bridgehead atoms. The summed E-state index contributed by atoms with van der Waals surface area (Å²) >= 11 is 0. The molecule has 2 N–H and O–H groups in total. The highest BCUT2D eigenvalue weighted by Gasteiger charge is 2.13. The summed E-state index contributed by atoms with van der Waals surface area (Å²) < 4.78 is 5.28. The summed E-state index contributed by atoms with van der Waals surface area (Å²) in [6.45, 7) is 9.42. The van der Waals surface area contributed by atoms with Crippen molar-refractivity contribution in [3.63, 3.8) is 0 Å². The maximum absolute atomic E-state index is 5.98. The van der Waals surface area contributed by atoms with Gasteiger partial charge in [-0.05, 0) is 18.9 Å². The van der Waals surface area contributed by atoms with Crippen LogP contribution >= 0.6 is 0 Å². The summed E-state index contributed by atoms with van der Waals surface area (Å²) in [6, 6.07) is 0.350. The minimum atomic E-state index is 0.350. The van der Waals surface area contributed by atoms with Gasteiger partial charge in [0.05, 0.1) is 13.2 Å². The lowest BCUT2D eigenvalue weighted by Gasteiger charge is -2.28. The first-order chi connectivity index (χ1) is 6.20. The Bertz CT molecular complexity index is 133. The SMILES string of the molecule is CC(C)C(N)CCN1CCOCC1. The van der Waals surface area contributed by atoms with E-state index in [1.807, 2.05) is 0 Å². The molecular weight excluding hydrogens is 164 g/mol. The first-order valence-corrected chi connectivity index (χ1v) is 5.26. The number of ether oxygens (including phenoxy) is 1. The van der Waals surface area contributed by atoms with Crippen molar-refractivity contribution in [3.8, 4) is 0 Å². The molecule has 0 aromatic carbocycles. The van der Waals surface area contributed by atoms with Gasteiger partial charge in [-0.2, -0.15) is 0 Å². The summed E-state index contributed by atoms with van der Waals surface area (Å²) in [7, 11) is 0. The molecule has 1 aliphatic rings. The molecule has 1 aliphatic heterocycles. The minimum Gasteiger partial charge on any atom is -0.379 e. The molecular formula is C10H22N2O.